The van der Waals surface area contributed by atoms with Gasteiger partial charge in [0.2, 0.25) is 0 Å². The summed E-state index contributed by atoms with van der Waals surface area (Å²) in [4.78, 5) is 13.2. The standard InChI is InChI=1S/C19H17F3N2O/c20-12-2-4-17-14(10-12)15-11-13(21)3-5-18(15)24(17)8-1-7-23-9-6-16(22)19(23)25/h2-5,10-11,16H,1,6-9H2. The van der Waals surface area contributed by atoms with Crippen molar-refractivity contribution in [2.24, 2.45) is 0 Å². The molecule has 3 nitrogen and oxygen atoms in total. The van der Waals surface area contributed by atoms with Crippen LogP contribution in [0.2, 0.25) is 0 Å². The maximum atomic E-state index is 13.6. The van der Waals surface area contributed by atoms with Gasteiger partial charge in [-0.3, -0.25) is 4.79 Å². The molecule has 2 heterocycles. The molecule has 1 saturated heterocycles. The second-order valence-corrected chi connectivity index (χ2v) is 6.41. The van der Waals surface area contributed by atoms with Crippen molar-refractivity contribution in [1.29, 1.82) is 0 Å². The van der Waals surface area contributed by atoms with E-state index in [9.17, 15) is 18.0 Å². The third-order valence-electron chi connectivity index (χ3n) is 4.83. The van der Waals surface area contributed by atoms with Crippen LogP contribution in [0.5, 0.6) is 0 Å². The van der Waals surface area contributed by atoms with Gasteiger partial charge in [-0.05, 0) is 42.8 Å². The zero-order valence-corrected chi connectivity index (χ0v) is 13.5. The number of hydrogen-bond donors (Lipinski definition) is 0. The van der Waals surface area contributed by atoms with Crippen molar-refractivity contribution < 1.29 is 18.0 Å². The van der Waals surface area contributed by atoms with Crippen LogP contribution in [0.3, 0.4) is 0 Å². The number of halogens is 3. The summed E-state index contributed by atoms with van der Waals surface area (Å²) < 4.78 is 42.5. The van der Waals surface area contributed by atoms with Crippen molar-refractivity contribution in [1.82, 2.24) is 9.47 Å². The molecule has 4 rings (SSSR count). The molecule has 1 amide bonds. The number of fused-ring (bicyclic) bond motifs is 3. The van der Waals surface area contributed by atoms with Gasteiger partial charge in [-0.15, -0.1) is 0 Å². The first-order valence-corrected chi connectivity index (χ1v) is 8.34. The highest BCUT2D eigenvalue weighted by atomic mass is 19.1. The van der Waals surface area contributed by atoms with Gasteiger partial charge in [0, 0.05) is 47.9 Å². The Kier molecular flexibility index (Phi) is 3.90. The van der Waals surface area contributed by atoms with E-state index in [4.69, 9.17) is 0 Å². The van der Waals surface area contributed by atoms with Crippen LogP contribution >= 0.6 is 0 Å². The Morgan fingerprint density at radius 3 is 2.08 bits per heavy atom. The number of hydrogen-bond acceptors (Lipinski definition) is 1. The summed E-state index contributed by atoms with van der Waals surface area (Å²) >= 11 is 0. The smallest absolute Gasteiger partial charge is 0.257 e. The molecule has 1 unspecified atom stereocenters. The maximum absolute atomic E-state index is 13.6. The molecule has 1 aliphatic heterocycles. The van der Waals surface area contributed by atoms with Gasteiger partial charge in [-0.1, -0.05) is 0 Å². The van der Waals surface area contributed by atoms with Crippen molar-refractivity contribution in [3.05, 3.63) is 48.0 Å². The molecule has 25 heavy (non-hydrogen) atoms. The number of likely N-dealkylation sites (tertiary alicyclic amines) is 1. The summed E-state index contributed by atoms with van der Waals surface area (Å²) in [6.45, 7) is 1.50. The lowest BCUT2D eigenvalue weighted by Crippen LogP contribution is -2.29. The Labute approximate surface area is 142 Å². The van der Waals surface area contributed by atoms with E-state index < -0.39 is 12.1 Å². The zero-order valence-electron chi connectivity index (χ0n) is 13.5. The van der Waals surface area contributed by atoms with Crippen molar-refractivity contribution in [2.45, 2.75) is 25.6 Å². The van der Waals surface area contributed by atoms with E-state index >= 15 is 0 Å². The molecule has 1 atom stereocenters. The largest absolute Gasteiger partial charge is 0.340 e. The lowest BCUT2D eigenvalue weighted by atomic mass is 10.1. The van der Waals surface area contributed by atoms with Crippen LogP contribution in [0.1, 0.15) is 12.8 Å². The topological polar surface area (TPSA) is 25.2 Å². The first kappa shape index (κ1) is 16.0. The molecule has 1 aliphatic rings. The van der Waals surface area contributed by atoms with E-state index in [0.29, 0.717) is 36.8 Å². The lowest BCUT2D eigenvalue weighted by Gasteiger charge is -2.16. The molecule has 1 fully saturated rings. The molecule has 6 heteroatoms. The summed E-state index contributed by atoms with van der Waals surface area (Å²) in [5.41, 5.74) is 1.64. The summed E-state index contributed by atoms with van der Waals surface area (Å²) in [6, 6.07) is 8.94. The highest BCUT2D eigenvalue weighted by molar-refractivity contribution is 6.08. The van der Waals surface area contributed by atoms with E-state index in [0.717, 1.165) is 11.0 Å². The van der Waals surface area contributed by atoms with Crippen molar-refractivity contribution in [2.75, 3.05) is 13.1 Å². The second-order valence-electron chi connectivity index (χ2n) is 6.41. The third-order valence-corrected chi connectivity index (χ3v) is 4.83. The number of benzene rings is 2. The number of carbonyl (C=O) groups excluding carboxylic acids is 1. The highest BCUT2D eigenvalue weighted by Gasteiger charge is 2.30. The predicted octanol–water partition coefficient (Wildman–Crippen LogP) is 4.03. The maximum Gasteiger partial charge on any atom is 0.257 e. The van der Waals surface area contributed by atoms with Crippen LogP contribution < -0.4 is 0 Å². The van der Waals surface area contributed by atoms with E-state index in [1.54, 1.807) is 12.1 Å². The van der Waals surface area contributed by atoms with Gasteiger partial charge in [0.1, 0.15) is 11.6 Å². The fraction of sp³-hybridized carbons (Fsp3) is 0.316. The number of aryl methyl sites for hydroxylation is 1. The fourth-order valence-corrected chi connectivity index (χ4v) is 3.63. The van der Waals surface area contributed by atoms with E-state index in [1.807, 2.05) is 4.57 Å². The van der Waals surface area contributed by atoms with Gasteiger partial charge >= 0.3 is 0 Å². The minimum atomic E-state index is -1.38. The molecule has 0 bridgehead atoms. The molecular formula is C19H17F3N2O. The number of aromatic nitrogens is 1. The molecule has 130 valence electrons. The van der Waals surface area contributed by atoms with Crippen molar-refractivity contribution >= 4 is 27.7 Å². The van der Waals surface area contributed by atoms with Gasteiger partial charge in [-0.2, -0.15) is 0 Å². The molecule has 0 N–H and O–H groups in total. The highest BCUT2D eigenvalue weighted by Crippen LogP contribution is 2.30. The van der Waals surface area contributed by atoms with E-state index in [2.05, 4.69) is 0 Å². The van der Waals surface area contributed by atoms with Crippen LogP contribution in [-0.2, 0) is 11.3 Å². The molecular weight excluding hydrogens is 329 g/mol. The third kappa shape index (κ3) is 2.75. The number of amides is 1. The van der Waals surface area contributed by atoms with Gasteiger partial charge in [0.15, 0.2) is 6.17 Å². The molecule has 0 aliphatic carbocycles. The summed E-state index contributed by atoms with van der Waals surface area (Å²) in [5.74, 6) is -1.17. The number of nitrogens with zero attached hydrogens (tertiary/aromatic N) is 2. The van der Waals surface area contributed by atoms with E-state index in [-0.39, 0.29) is 18.1 Å². The summed E-state index contributed by atoms with van der Waals surface area (Å²) in [5, 5.41) is 1.33. The molecule has 0 radical (unpaired) electrons. The van der Waals surface area contributed by atoms with Gasteiger partial charge in [0.05, 0.1) is 0 Å². The van der Waals surface area contributed by atoms with Crippen LogP contribution in [0.15, 0.2) is 36.4 Å². The lowest BCUT2D eigenvalue weighted by molar-refractivity contribution is -0.131. The second kappa shape index (κ2) is 6.10. The van der Waals surface area contributed by atoms with Gasteiger partial charge in [0.25, 0.3) is 5.91 Å². The van der Waals surface area contributed by atoms with Crippen LogP contribution in [0, 0.1) is 11.6 Å². The quantitative estimate of drug-likeness (QED) is 0.700. The Balaban J connectivity index is 1.65. The summed E-state index contributed by atoms with van der Waals surface area (Å²) in [7, 11) is 0. The monoisotopic (exact) mass is 346 g/mol. The molecule has 1 aromatic heterocycles. The summed E-state index contributed by atoms with van der Waals surface area (Å²) in [6.07, 6.45) is -0.474. The minimum absolute atomic E-state index is 0.257. The van der Waals surface area contributed by atoms with Gasteiger partial charge in [-0.25, -0.2) is 13.2 Å². The molecule has 2 aromatic carbocycles. The number of alkyl halides is 1. The predicted molar refractivity (Wildman–Crippen MR) is 90.1 cm³/mol. The number of carbonyl (C=O) groups is 1. The Hall–Kier alpha value is -2.50. The van der Waals surface area contributed by atoms with Gasteiger partial charge < -0.3 is 9.47 Å². The zero-order chi connectivity index (χ0) is 17.6. The number of rotatable bonds is 4. The Morgan fingerprint density at radius 1 is 0.960 bits per heavy atom. The molecule has 0 spiro atoms. The average Bonchev–Trinajstić information content (AvgIpc) is 3.06. The first-order chi connectivity index (χ1) is 12.0. The Morgan fingerprint density at radius 2 is 1.56 bits per heavy atom. The normalized spacial score (nSPS) is 18.0. The van der Waals surface area contributed by atoms with Crippen LogP contribution in [-0.4, -0.2) is 34.6 Å². The average molecular weight is 346 g/mol. The van der Waals surface area contributed by atoms with Crippen LogP contribution in [0.4, 0.5) is 13.2 Å². The van der Waals surface area contributed by atoms with E-state index in [1.165, 1.54) is 29.2 Å². The minimum Gasteiger partial charge on any atom is -0.340 e. The van der Waals surface area contributed by atoms with Crippen molar-refractivity contribution in [3.8, 4) is 0 Å². The van der Waals surface area contributed by atoms with Crippen molar-refractivity contribution in [3.63, 3.8) is 0 Å². The fourth-order valence-electron chi connectivity index (χ4n) is 3.63. The molecule has 3 aromatic rings. The Bertz CT molecular complexity index is 907. The van der Waals surface area contributed by atoms with Crippen LogP contribution in [0.25, 0.3) is 21.8 Å². The molecule has 0 saturated carbocycles. The SMILES string of the molecule is O=C1C(F)CCN1CCCn1c2ccc(F)cc2c2cc(F)ccc21. The first-order valence-electron chi connectivity index (χ1n) is 8.34.